The molecule has 1 aliphatic rings. The molecule has 1 fully saturated rings. The number of carbonyl (C=O) groups excluding carboxylic acids is 3. The number of benzene rings is 2. The Morgan fingerprint density at radius 1 is 1.06 bits per heavy atom. The minimum Gasteiger partial charge on any atom is -0.493 e. The second kappa shape index (κ2) is 10.2. The lowest BCUT2D eigenvalue weighted by molar-refractivity contribution is -0.136. The van der Waals surface area contributed by atoms with E-state index in [0.717, 1.165) is 22.2 Å². The third kappa shape index (κ3) is 5.27. The molecule has 0 N–H and O–H groups in total. The van der Waals surface area contributed by atoms with Crippen LogP contribution in [0.2, 0.25) is 0 Å². The summed E-state index contributed by atoms with van der Waals surface area (Å²) in [5.74, 6) is 0.330. The molecule has 2 aromatic carbocycles. The van der Waals surface area contributed by atoms with Gasteiger partial charge in [-0.25, -0.2) is 0 Å². The van der Waals surface area contributed by atoms with Crippen molar-refractivity contribution in [1.29, 1.82) is 0 Å². The van der Waals surface area contributed by atoms with Crippen LogP contribution in [-0.4, -0.2) is 54.2 Å². The molecule has 3 rings (SSSR count). The van der Waals surface area contributed by atoms with Gasteiger partial charge in [-0.1, -0.05) is 36.4 Å². The molecule has 8 heteroatoms. The summed E-state index contributed by atoms with van der Waals surface area (Å²) in [5.41, 5.74) is 1.67. The fourth-order valence-corrected chi connectivity index (χ4v) is 3.98. The van der Waals surface area contributed by atoms with Gasteiger partial charge in [0.25, 0.3) is 11.1 Å². The molecule has 0 spiro atoms. The number of hydrogen-bond donors (Lipinski definition) is 0. The average molecular weight is 441 g/mol. The van der Waals surface area contributed by atoms with Crippen molar-refractivity contribution in [1.82, 2.24) is 9.80 Å². The molecule has 1 heterocycles. The lowest BCUT2D eigenvalue weighted by atomic mass is 10.2. The van der Waals surface area contributed by atoms with Crippen molar-refractivity contribution in [2.45, 2.75) is 13.5 Å². The highest BCUT2D eigenvalue weighted by molar-refractivity contribution is 8.18. The largest absolute Gasteiger partial charge is 0.493 e. The molecule has 0 radical (unpaired) electrons. The molecular weight excluding hydrogens is 416 g/mol. The monoisotopic (exact) mass is 440 g/mol. The van der Waals surface area contributed by atoms with Gasteiger partial charge in [0.05, 0.1) is 19.1 Å². The fraction of sp³-hybridized carbons (Fsp3) is 0.261. The van der Waals surface area contributed by atoms with Gasteiger partial charge in [0.2, 0.25) is 5.91 Å². The molecule has 2 aromatic rings. The summed E-state index contributed by atoms with van der Waals surface area (Å²) in [7, 11) is 3.06. The van der Waals surface area contributed by atoms with Crippen molar-refractivity contribution >= 4 is 34.9 Å². The second-order valence-corrected chi connectivity index (χ2v) is 7.77. The molecule has 0 bridgehead atoms. The minimum absolute atomic E-state index is 0.260. The summed E-state index contributed by atoms with van der Waals surface area (Å²) in [4.78, 5) is 40.9. The predicted molar refractivity (Wildman–Crippen MR) is 120 cm³/mol. The van der Waals surface area contributed by atoms with Crippen LogP contribution in [0.25, 0.3) is 6.08 Å². The van der Waals surface area contributed by atoms with Crippen LogP contribution in [0.1, 0.15) is 18.1 Å². The Hall–Kier alpha value is -3.26. The fourth-order valence-electron chi connectivity index (χ4n) is 3.15. The van der Waals surface area contributed by atoms with Gasteiger partial charge in [-0.3, -0.25) is 19.3 Å². The first kappa shape index (κ1) is 22.4. The molecule has 1 saturated heterocycles. The number of ether oxygens (including phenoxy) is 2. The minimum atomic E-state index is -0.478. The number of nitrogens with zero attached hydrogens (tertiary/aromatic N) is 2. The van der Waals surface area contributed by atoms with Crippen LogP contribution in [-0.2, 0) is 16.1 Å². The highest BCUT2D eigenvalue weighted by Crippen LogP contribution is 2.34. The maximum absolute atomic E-state index is 12.8. The normalized spacial score (nSPS) is 14.8. The topological polar surface area (TPSA) is 76.2 Å². The van der Waals surface area contributed by atoms with E-state index in [9.17, 15) is 14.4 Å². The van der Waals surface area contributed by atoms with Gasteiger partial charge >= 0.3 is 0 Å². The summed E-state index contributed by atoms with van der Waals surface area (Å²) >= 11 is 0.821. The van der Waals surface area contributed by atoms with Gasteiger partial charge in [-0.2, -0.15) is 0 Å². The Balaban J connectivity index is 1.72. The van der Waals surface area contributed by atoms with Crippen molar-refractivity contribution in [3.8, 4) is 11.5 Å². The number of thioether (sulfide) groups is 1. The highest BCUT2D eigenvalue weighted by atomic mass is 32.2. The van der Waals surface area contributed by atoms with E-state index >= 15 is 0 Å². The number of imide groups is 1. The Morgan fingerprint density at radius 3 is 2.42 bits per heavy atom. The zero-order valence-electron chi connectivity index (χ0n) is 17.7. The van der Waals surface area contributed by atoms with Crippen LogP contribution in [0.3, 0.4) is 0 Å². The summed E-state index contributed by atoms with van der Waals surface area (Å²) in [6.45, 7) is 2.49. The maximum atomic E-state index is 12.8. The first-order valence-corrected chi connectivity index (χ1v) is 10.6. The molecule has 0 atom stereocenters. The molecule has 7 nitrogen and oxygen atoms in total. The zero-order valence-corrected chi connectivity index (χ0v) is 18.5. The van der Waals surface area contributed by atoms with Gasteiger partial charge in [0.15, 0.2) is 11.5 Å². The van der Waals surface area contributed by atoms with Crippen molar-refractivity contribution in [2.75, 3.05) is 27.3 Å². The standard InChI is InChI=1S/C23H24N2O5S/c1-4-24(14-16-8-6-5-7-9-16)21(26)15-25-22(27)20(31-23(25)28)13-17-10-11-18(29-2)19(12-17)30-3/h5-13H,4,14-15H2,1-3H3/b20-13+. The zero-order chi connectivity index (χ0) is 22.4. The number of carbonyl (C=O) groups is 3. The molecule has 1 aliphatic heterocycles. The van der Waals surface area contributed by atoms with Crippen LogP contribution >= 0.6 is 11.8 Å². The van der Waals surface area contributed by atoms with E-state index in [1.165, 1.54) is 14.2 Å². The van der Waals surface area contributed by atoms with Crippen molar-refractivity contribution in [2.24, 2.45) is 0 Å². The van der Waals surface area contributed by atoms with Gasteiger partial charge in [0.1, 0.15) is 6.54 Å². The van der Waals surface area contributed by atoms with Crippen molar-refractivity contribution in [3.63, 3.8) is 0 Å². The highest BCUT2D eigenvalue weighted by Gasteiger charge is 2.37. The lowest BCUT2D eigenvalue weighted by Gasteiger charge is -2.23. The van der Waals surface area contributed by atoms with E-state index in [0.29, 0.717) is 30.2 Å². The summed E-state index contributed by atoms with van der Waals surface area (Å²) in [5, 5.41) is -0.458. The van der Waals surface area contributed by atoms with E-state index in [4.69, 9.17) is 9.47 Å². The Labute approximate surface area is 185 Å². The third-order valence-corrected chi connectivity index (χ3v) is 5.73. The Kier molecular flexibility index (Phi) is 7.36. The van der Waals surface area contributed by atoms with Gasteiger partial charge in [-0.05, 0) is 48.0 Å². The van der Waals surface area contributed by atoms with Crippen LogP contribution in [0.4, 0.5) is 4.79 Å². The van der Waals surface area contributed by atoms with E-state index in [1.807, 2.05) is 37.3 Å². The Bertz CT molecular complexity index is 1010. The number of hydrogen-bond acceptors (Lipinski definition) is 6. The molecule has 3 amide bonds. The lowest BCUT2D eigenvalue weighted by Crippen LogP contribution is -2.41. The van der Waals surface area contributed by atoms with Gasteiger partial charge in [0, 0.05) is 13.1 Å². The van der Waals surface area contributed by atoms with E-state index in [1.54, 1.807) is 29.2 Å². The molecule has 0 saturated carbocycles. The number of likely N-dealkylation sites (N-methyl/N-ethyl adjacent to an activating group) is 1. The van der Waals surface area contributed by atoms with Gasteiger partial charge in [-0.15, -0.1) is 0 Å². The predicted octanol–water partition coefficient (Wildman–Crippen LogP) is 3.79. The first-order chi connectivity index (χ1) is 15.0. The molecule has 0 aromatic heterocycles. The van der Waals surface area contributed by atoms with Crippen LogP contribution < -0.4 is 9.47 Å². The third-order valence-electron chi connectivity index (χ3n) is 4.82. The first-order valence-electron chi connectivity index (χ1n) is 9.76. The van der Waals surface area contributed by atoms with Gasteiger partial charge < -0.3 is 14.4 Å². The second-order valence-electron chi connectivity index (χ2n) is 6.78. The number of methoxy groups -OCH3 is 2. The van der Waals surface area contributed by atoms with E-state index < -0.39 is 11.1 Å². The maximum Gasteiger partial charge on any atom is 0.294 e. The molecule has 0 aliphatic carbocycles. The average Bonchev–Trinajstić information content (AvgIpc) is 3.05. The quantitative estimate of drug-likeness (QED) is 0.582. The van der Waals surface area contributed by atoms with Crippen LogP contribution in [0, 0.1) is 0 Å². The van der Waals surface area contributed by atoms with Crippen LogP contribution in [0.5, 0.6) is 11.5 Å². The molecule has 0 unspecified atom stereocenters. The SMILES string of the molecule is CCN(Cc1ccccc1)C(=O)CN1C(=O)S/C(=C/c2ccc(OC)c(OC)c2)C1=O. The molecule has 31 heavy (non-hydrogen) atoms. The van der Waals surface area contributed by atoms with E-state index in [-0.39, 0.29) is 17.4 Å². The van der Waals surface area contributed by atoms with Crippen molar-refractivity contribution in [3.05, 3.63) is 64.6 Å². The molecular formula is C23H24N2O5S. The Morgan fingerprint density at radius 2 is 1.77 bits per heavy atom. The van der Waals surface area contributed by atoms with E-state index in [2.05, 4.69) is 0 Å². The molecule has 162 valence electrons. The summed E-state index contributed by atoms with van der Waals surface area (Å²) in [6, 6.07) is 14.8. The number of amides is 3. The van der Waals surface area contributed by atoms with Crippen LogP contribution in [0.15, 0.2) is 53.4 Å². The number of rotatable bonds is 8. The summed E-state index contributed by atoms with van der Waals surface area (Å²) in [6.07, 6.45) is 1.61. The summed E-state index contributed by atoms with van der Waals surface area (Å²) < 4.78 is 10.5. The van der Waals surface area contributed by atoms with Crippen molar-refractivity contribution < 1.29 is 23.9 Å². The smallest absolute Gasteiger partial charge is 0.294 e.